The van der Waals surface area contributed by atoms with Crippen molar-refractivity contribution in [3.8, 4) is 39.1 Å². The molecule has 5 heteroatoms. The fourth-order valence-electron chi connectivity index (χ4n) is 8.36. The number of para-hydroxylation sites is 2. The highest BCUT2D eigenvalue weighted by Gasteiger charge is 2.51. The Balaban J connectivity index is 1.03. The second kappa shape index (κ2) is 14.6. The molecular formula is C54H45BN2O2. The Kier molecular flexibility index (Phi) is 9.09. The van der Waals surface area contributed by atoms with Gasteiger partial charge in [-0.05, 0) is 133 Å². The van der Waals surface area contributed by atoms with Crippen molar-refractivity contribution in [2.45, 2.75) is 38.9 Å². The highest BCUT2D eigenvalue weighted by molar-refractivity contribution is 6.62. The largest absolute Gasteiger partial charge is 0.494 e. The zero-order valence-electron chi connectivity index (χ0n) is 33.8. The van der Waals surface area contributed by atoms with E-state index in [4.69, 9.17) is 9.31 Å². The molecule has 0 spiro atoms. The van der Waals surface area contributed by atoms with Crippen LogP contribution in [0.25, 0.3) is 60.9 Å². The van der Waals surface area contributed by atoms with Gasteiger partial charge in [-0.15, -0.1) is 0 Å². The van der Waals surface area contributed by atoms with E-state index in [9.17, 15) is 0 Å². The van der Waals surface area contributed by atoms with Crippen LogP contribution >= 0.6 is 0 Å². The second-order valence-electron chi connectivity index (χ2n) is 16.5. The first-order valence-corrected chi connectivity index (χ1v) is 20.4. The molecule has 4 nitrogen and oxygen atoms in total. The maximum atomic E-state index is 6.43. The monoisotopic (exact) mass is 764 g/mol. The molecule has 0 N–H and O–H groups in total. The first-order valence-electron chi connectivity index (χ1n) is 20.4. The molecule has 10 rings (SSSR count). The van der Waals surface area contributed by atoms with Gasteiger partial charge in [-0.3, -0.25) is 0 Å². The van der Waals surface area contributed by atoms with Crippen LogP contribution in [-0.2, 0) is 9.31 Å². The van der Waals surface area contributed by atoms with E-state index in [0.717, 1.165) is 39.3 Å². The summed E-state index contributed by atoms with van der Waals surface area (Å²) in [6.45, 7) is 8.38. The minimum atomic E-state index is -0.426. The van der Waals surface area contributed by atoms with Crippen molar-refractivity contribution in [1.82, 2.24) is 4.57 Å². The third kappa shape index (κ3) is 6.73. The molecule has 0 atom stereocenters. The zero-order chi connectivity index (χ0) is 40.1. The molecule has 0 amide bonds. The molecule has 1 aromatic heterocycles. The molecule has 0 unspecified atom stereocenters. The van der Waals surface area contributed by atoms with Crippen molar-refractivity contribution in [2.24, 2.45) is 0 Å². The zero-order valence-corrected chi connectivity index (χ0v) is 33.8. The van der Waals surface area contributed by atoms with Crippen LogP contribution in [0.15, 0.2) is 200 Å². The Bertz CT molecular complexity index is 2920. The Morgan fingerprint density at radius 2 is 0.881 bits per heavy atom. The number of nitrogens with zero attached hydrogens (tertiary/aromatic N) is 2. The van der Waals surface area contributed by atoms with E-state index >= 15 is 0 Å². The highest BCUT2D eigenvalue weighted by Crippen LogP contribution is 2.41. The number of anilines is 3. The van der Waals surface area contributed by atoms with Crippen LogP contribution in [0.3, 0.4) is 0 Å². The Hall–Kier alpha value is -6.66. The fraction of sp³-hybridized carbons (Fsp3) is 0.111. The summed E-state index contributed by atoms with van der Waals surface area (Å²) < 4.78 is 15.2. The summed E-state index contributed by atoms with van der Waals surface area (Å²) in [6.07, 6.45) is 0. The lowest BCUT2D eigenvalue weighted by Gasteiger charge is -2.32. The van der Waals surface area contributed by atoms with Crippen molar-refractivity contribution in [2.75, 3.05) is 4.90 Å². The predicted octanol–water partition coefficient (Wildman–Crippen LogP) is 13.6. The van der Waals surface area contributed by atoms with Gasteiger partial charge in [0.2, 0.25) is 0 Å². The van der Waals surface area contributed by atoms with Gasteiger partial charge < -0.3 is 18.8 Å². The number of benzene rings is 8. The lowest BCUT2D eigenvalue weighted by Crippen LogP contribution is -2.41. The molecule has 59 heavy (non-hydrogen) atoms. The SMILES string of the molecule is CC1(C)OB(c2cccc(-c3cccc(N(c4ccc(-c5ccccc5)cc4)c4ccc(-c5ccc6c(c5)c5ccccc5n6-c5ccccc5)cc4)c3)c2)OC1(C)C. The molecule has 0 radical (unpaired) electrons. The van der Waals surface area contributed by atoms with Gasteiger partial charge in [-0.2, -0.15) is 0 Å². The summed E-state index contributed by atoms with van der Waals surface area (Å²) in [5.41, 5.74) is 13.9. The van der Waals surface area contributed by atoms with Gasteiger partial charge in [0.05, 0.1) is 22.2 Å². The lowest BCUT2D eigenvalue weighted by atomic mass is 9.78. The number of fused-ring (bicyclic) bond motifs is 3. The number of hydrogen-bond acceptors (Lipinski definition) is 3. The van der Waals surface area contributed by atoms with Crippen LogP contribution in [-0.4, -0.2) is 22.9 Å². The molecule has 0 bridgehead atoms. The molecular weight excluding hydrogens is 719 g/mol. The van der Waals surface area contributed by atoms with Gasteiger partial charge in [0.25, 0.3) is 0 Å². The topological polar surface area (TPSA) is 26.6 Å². The Labute approximate surface area is 347 Å². The molecule has 9 aromatic rings. The van der Waals surface area contributed by atoms with E-state index in [2.05, 4.69) is 237 Å². The Morgan fingerprint density at radius 3 is 1.56 bits per heavy atom. The van der Waals surface area contributed by atoms with E-state index in [1.54, 1.807) is 0 Å². The summed E-state index contributed by atoms with van der Waals surface area (Å²) in [4.78, 5) is 2.34. The summed E-state index contributed by atoms with van der Waals surface area (Å²) >= 11 is 0. The molecule has 0 aliphatic carbocycles. The summed E-state index contributed by atoms with van der Waals surface area (Å²) in [7, 11) is -0.426. The van der Waals surface area contributed by atoms with Crippen molar-refractivity contribution in [3.63, 3.8) is 0 Å². The second-order valence-corrected chi connectivity index (χ2v) is 16.5. The van der Waals surface area contributed by atoms with Crippen molar-refractivity contribution < 1.29 is 9.31 Å². The molecule has 8 aromatic carbocycles. The van der Waals surface area contributed by atoms with Gasteiger partial charge in [0.1, 0.15) is 0 Å². The molecule has 1 fully saturated rings. The minimum Gasteiger partial charge on any atom is -0.399 e. The van der Waals surface area contributed by atoms with Crippen LogP contribution in [0.4, 0.5) is 17.1 Å². The van der Waals surface area contributed by atoms with E-state index in [1.165, 1.54) is 44.1 Å². The van der Waals surface area contributed by atoms with Crippen molar-refractivity contribution >= 4 is 51.4 Å². The van der Waals surface area contributed by atoms with E-state index in [0.29, 0.717) is 0 Å². The molecule has 1 saturated heterocycles. The lowest BCUT2D eigenvalue weighted by molar-refractivity contribution is 0.00578. The van der Waals surface area contributed by atoms with Crippen molar-refractivity contribution in [1.29, 1.82) is 0 Å². The molecule has 2 heterocycles. The van der Waals surface area contributed by atoms with Crippen molar-refractivity contribution in [3.05, 3.63) is 200 Å². The van der Waals surface area contributed by atoms with E-state index < -0.39 is 18.3 Å². The standard InChI is InChI=1S/C54H45BN2O2/c1-53(2)54(3,4)59-55(58-53)44-19-13-17-41(35-44)42-18-14-22-48(36-42)56(46-30-25-39(26-31-46)38-15-7-5-8-16-38)47-32-27-40(28-33-47)43-29-34-52-50(37-43)49-23-11-12-24-51(49)57(52)45-20-9-6-10-21-45/h5-37H,1-4H3. The minimum absolute atomic E-state index is 0.408. The number of rotatable bonds is 8. The number of hydrogen-bond donors (Lipinski definition) is 0. The molecule has 1 aliphatic heterocycles. The van der Waals surface area contributed by atoms with Crippen LogP contribution in [0, 0.1) is 0 Å². The van der Waals surface area contributed by atoms with E-state index in [1.807, 2.05) is 0 Å². The van der Waals surface area contributed by atoms with Crippen LogP contribution < -0.4 is 10.4 Å². The van der Waals surface area contributed by atoms with Gasteiger partial charge in [0.15, 0.2) is 0 Å². The van der Waals surface area contributed by atoms with E-state index in [-0.39, 0.29) is 0 Å². The predicted molar refractivity (Wildman–Crippen MR) is 247 cm³/mol. The van der Waals surface area contributed by atoms with Crippen LogP contribution in [0.5, 0.6) is 0 Å². The normalized spacial score (nSPS) is 14.5. The summed E-state index contributed by atoms with van der Waals surface area (Å²) in [6, 6.07) is 71.9. The first kappa shape index (κ1) is 36.7. The average Bonchev–Trinajstić information content (AvgIpc) is 3.73. The molecule has 286 valence electrons. The first-order chi connectivity index (χ1) is 28.7. The third-order valence-electron chi connectivity index (χ3n) is 12.2. The average molecular weight is 765 g/mol. The maximum absolute atomic E-state index is 6.43. The number of aromatic nitrogens is 1. The van der Waals surface area contributed by atoms with Crippen LogP contribution in [0.2, 0.25) is 0 Å². The van der Waals surface area contributed by atoms with Gasteiger partial charge in [-0.25, -0.2) is 0 Å². The summed E-state index contributed by atoms with van der Waals surface area (Å²) in [5, 5.41) is 2.49. The third-order valence-corrected chi connectivity index (χ3v) is 12.2. The molecule has 1 aliphatic rings. The maximum Gasteiger partial charge on any atom is 0.494 e. The highest BCUT2D eigenvalue weighted by atomic mass is 16.7. The van der Waals surface area contributed by atoms with Crippen LogP contribution in [0.1, 0.15) is 27.7 Å². The Morgan fingerprint density at radius 1 is 0.390 bits per heavy atom. The molecule has 0 saturated carbocycles. The summed E-state index contributed by atoms with van der Waals surface area (Å²) in [5.74, 6) is 0. The smallest absolute Gasteiger partial charge is 0.399 e. The van der Waals surface area contributed by atoms with Gasteiger partial charge in [0, 0.05) is 33.5 Å². The quantitative estimate of drug-likeness (QED) is 0.144. The van der Waals surface area contributed by atoms with Gasteiger partial charge >= 0.3 is 7.12 Å². The van der Waals surface area contributed by atoms with Gasteiger partial charge in [-0.1, -0.05) is 133 Å². The fourth-order valence-corrected chi connectivity index (χ4v) is 8.36.